The maximum Gasteiger partial charge on any atom is 0.143 e. The van der Waals surface area contributed by atoms with Crippen LogP contribution in [0.1, 0.15) is 37.7 Å². The highest BCUT2D eigenvalue weighted by atomic mass is 16.1. The molecule has 0 radical (unpaired) electrons. The van der Waals surface area contributed by atoms with Crippen LogP contribution in [0, 0.1) is 5.92 Å². The average Bonchev–Trinajstić information content (AvgIpc) is 2.23. The molecule has 1 fully saturated rings. The topological polar surface area (TPSA) is 17.1 Å². The van der Waals surface area contributed by atoms with Gasteiger partial charge in [0.1, 0.15) is 5.78 Å². The summed E-state index contributed by atoms with van der Waals surface area (Å²) in [7, 11) is 0. The van der Waals surface area contributed by atoms with Gasteiger partial charge in [-0.25, -0.2) is 0 Å². The number of rotatable bonds is 1. The van der Waals surface area contributed by atoms with E-state index in [0.717, 1.165) is 12.8 Å². The predicted molar refractivity (Wildman–Crippen MR) is 57.2 cm³/mol. The summed E-state index contributed by atoms with van der Waals surface area (Å²) < 4.78 is 0. The normalized spacial score (nSPS) is 27.6. The van der Waals surface area contributed by atoms with Crippen LogP contribution in [0.3, 0.4) is 0 Å². The maximum absolute atomic E-state index is 11.9. The molecule has 14 heavy (non-hydrogen) atoms. The van der Waals surface area contributed by atoms with Gasteiger partial charge in [-0.3, -0.25) is 4.79 Å². The third kappa shape index (κ3) is 1.72. The zero-order chi connectivity index (χ0) is 9.97. The Morgan fingerprint density at radius 3 is 2.57 bits per heavy atom. The molecule has 0 aliphatic heterocycles. The van der Waals surface area contributed by atoms with Crippen LogP contribution in [0.4, 0.5) is 0 Å². The Kier molecular flexibility index (Phi) is 2.67. The molecule has 1 saturated carbocycles. The molecule has 1 heteroatoms. The number of hydrogen-bond donors (Lipinski definition) is 0. The van der Waals surface area contributed by atoms with Gasteiger partial charge in [0.05, 0.1) is 0 Å². The third-order valence-corrected chi connectivity index (χ3v) is 3.16. The van der Waals surface area contributed by atoms with E-state index in [1.54, 1.807) is 0 Å². The van der Waals surface area contributed by atoms with Crippen LogP contribution in [-0.4, -0.2) is 5.78 Å². The molecule has 0 heterocycles. The van der Waals surface area contributed by atoms with Crippen LogP contribution < -0.4 is 0 Å². The van der Waals surface area contributed by atoms with Gasteiger partial charge >= 0.3 is 0 Å². The van der Waals surface area contributed by atoms with Gasteiger partial charge in [0.25, 0.3) is 0 Å². The first-order chi connectivity index (χ1) is 6.79. The van der Waals surface area contributed by atoms with Gasteiger partial charge in [-0.2, -0.15) is 0 Å². The molecule has 1 nitrogen and oxygen atoms in total. The van der Waals surface area contributed by atoms with Crippen LogP contribution in [-0.2, 0) is 4.79 Å². The van der Waals surface area contributed by atoms with E-state index in [-0.39, 0.29) is 11.8 Å². The molecule has 0 amide bonds. The number of ketones is 1. The van der Waals surface area contributed by atoms with Crippen LogP contribution in [0.15, 0.2) is 30.3 Å². The number of benzene rings is 1. The van der Waals surface area contributed by atoms with Crippen molar-refractivity contribution in [2.45, 2.75) is 32.1 Å². The molecule has 0 N–H and O–H groups in total. The van der Waals surface area contributed by atoms with Crippen molar-refractivity contribution in [1.82, 2.24) is 0 Å². The predicted octanol–water partition coefficient (Wildman–Crippen LogP) is 3.16. The highest BCUT2D eigenvalue weighted by molar-refractivity contribution is 5.88. The first-order valence-electron chi connectivity index (χ1n) is 5.37. The van der Waals surface area contributed by atoms with E-state index in [1.165, 1.54) is 12.0 Å². The first-order valence-corrected chi connectivity index (χ1v) is 5.37. The quantitative estimate of drug-likeness (QED) is 0.661. The molecule has 2 atom stereocenters. The molecule has 1 aliphatic carbocycles. The van der Waals surface area contributed by atoms with E-state index in [4.69, 9.17) is 0 Å². The highest BCUT2D eigenvalue weighted by Crippen LogP contribution is 2.32. The van der Waals surface area contributed by atoms with Crippen LogP contribution in [0.2, 0.25) is 0 Å². The van der Waals surface area contributed by atoms with Crippen LogP contribution in [0.5, 0.6) is 0 Å². The lowest BCUT2D eigenvalue weighted by Gasteiger charge is -2.25. The molecule has 1 aromatic carbocycles. The molecule has 74 valence electrons. The third-order valence-electron chi connectivity index (χ3n) is 3.16. The smallest absolute Gasteiger partial charge is 0.143 e. The number of carbonyl (C=O) groups is 1. The zero-order valence-corrected chi connectivity index (χ0v) is 8.57. The Hall–Kier alpha value is -1.11. The van der Waals surface area contributed by atoms with Crippen molar-refractivity contribution < 1.29 is 4.79 Å². The summed E-state index contributed by atoms with van der Waals surface area (Å²) in [5, 5.41) is 0. The lowest BCUT2D eigenvalue weighted by Crippen LogP contribution is -2.24. The molecule has 0 saturated heterocycles. The molecular weight excluding hydrogens is 172 g/mol. The lowest BCUT2D eigenvalue weighted by molar-refractivity contribution is -0.125. The zero-order valence-electron chi connectivity index (χ0n) is 8.57. The minimum atomic E-state index is 0.167. The molecule has 1 aliphatic rings. The van der Waals surface area contributed by atoms with Gasteiger partial charge in [0, 0.05) is 11.8 Å². The summed E-state index contributed by atoms with van der Waals surface area (Å²) in [6, 6.07) is 10.2. The van der Waals surface area contributed by atoms with E-state index >= 15 is 0 Å². The Morgan fingerprint density at radius 1 is 1.14 bits per heavy atom. The van der Waals surface area contributed by atoms with Crippen molar-refractivity contribution in [3.63, 3.8) is 0 Å². The minimum Gasteiger partial charge on any atom is -0.299 e. The second kappa shape index (κ2) is 3.95. The Balaban J connectivity index is 2.22. The summed E-state index contributed by atoms with van der Waals surface area (Å²) in [5.74, 6) is 0.858. The van der Waals surface area contributed by atoms with E-state index < -0.39 is 0 Å². The van der Waals surface area contributed by atoms with Crippen molar-refractivity contribution in [1.29, 1.82) is 0 Å². The highest BCUT2D eigenvalue weighted by Gasteiger charge is 2.28. The van der Waals surface area contributed by atoms with Crippen molar-refractivity contribution >= 4 is 5.78 Å². The van der Waals surface area contributed by atoms with Crippen LogP contribution in [0.25, 0.3) is 0 Å². The maximum atomic E-state index is 11.9. The fourth-order valence-corrected chi connectivity index (χ4v) is 2.27. The van der Waals surface area contributed by atoms with Crippen molar-refractivity contribution in [2.75, 3.05) is 0 Å². The second-order valence-electron chi connectivity index (χ2n) is 4.20. The summed E-state index contributed by atoms with van der Waals surface area (Å²) in [4.78, 5) is 11.9. The van der Waals surface area contributed by atoms with E-state index in [1.807, 2.05) is 18.2 Å². The van der Waals surface area contributed by atoms with Gasteiger partial charge in [-0.05, 0) is 18.4 Å². The molecule has 0 bridgehead atoms. The largest absolute Gasteiger partial charge is 0.299 e. The molecule has 0 unspecified atom stereocenters. The molecule has 1 aromatic rings. The van der Waals surface area contributed by atoms with Gasteiger partial charge in [0.15, 0.2) is 0 Å². The van der Waals surface area contributed by atoms with Crippen LogP contribution >= 0.6 is 0 Å². The minimum absolute atomic E-state index is 0.167. The van der Waals surface area contributed by atoms with Crippen molar-refractivity contribution in [3.05, 3.63) is 35.9 Å². The van der Waals surface area contributed by atoms with Gasteiger partial charge in [0.2, 0.25) is 0 Å². The first kappa shape index (κ1) is 9.45. The molecule has 0 aromatic heterocycles. The van der Waals surface area contributed by atoms with Gasteiger partial charge in [-0.1, -0.05) is 43.7 Å². The Morgan fingerprint density at radius 2 is 1.86 bits per heavy atom. The van der Waals surface area contributed by atoms with Gasteiger partial charge in [-0.15, -0.1) is 0 Å². The standard InChI is InChI=1S/C13H16O/c1-10-6-5-9-12(13(10)14)11-7-3-2-4-8-11/h2-4,7-8,10,12H,5-6,9H2,1H3/t10-,12+/m0/s1. The molecular formula is C13H16O. The average molecular weight is 188 g/mol. The van der Waals surface area contributed by atoms with Gasteiger partial charge < -0.3 is 0 Å². The molecule has 2 rings (SSSR count). The monoisotopic (exact) mass is 188 g/mol. The van der Waals surface area contributed by atoms with E-state index in [9.17, 15) is 4.79 Å². The summed E-state index contributed by atoms with van der Waals surface area (Å²) in [6.07, 6.45) is 3.29. The summed E-state index contributed by atoms with van der Waals surface area (Å²) >= 11 is 0. The fraction of sp³-hybridized carbons (Fsp3) is 0.462. The van der Waals surface area contributed by atoms with E-state index in [0.29, 0.717) is 5.78 Å². The van der Waals surface area contributed by atoms with E-state index in [2.05, 4.69) is 19.1 Å². The number of Topliss-reactive ketones (excluding diaryl/α,β-unsaturated/α-hetero) is 1. The fourth-order valence-electron chi connectivity index (χ4n) is 2.27. The molecule has 0 spiro atoms. The lowest BCUT2D eigenvalue weighted by atomic mass is 9.78. The number of hydrogen-bond acceptors (Lipinski definition) is 1. The van der Waals surface area contributed by atoms with Crippen molar-refractivity contribution in [3.8, 4) is 0 Å². The van der Waals surface area contributed by atoms with Crippen molar-refractivity contribution in [2.24, 2.45) is 5.92 Å². The Bertz CT molecular complexity index is 315. The summed E-state index contributed by atoms with van der Waals surface area (Å²) in [6.45, 7) is 2.05. The second-order valence-corrected chi connectivity index (χ2v) is 4.20. The summed E-state index contributed by atoms with van der Waals surface area (Å²) in [5.41, 5.74) is 1.20. The SMILES string of the molecule is C[C@H]1CCC[C@H](c2ccccc2)C1=O. The number of carbonyl (C=O) groups excluding carboxylic acids is 1. The Labute approximate surface area is 85.1 Å².